The molecule has 0 N–H and O–H groups in total. The van der Waals surface area contributed by atoms with Crippen LogP contribution in [0.4, 0.5) is 0 Å². The maximum atomic E-state index is 4.21. The highest BCUT2D eigenvalue weighted by molar-refractivity contribution is 8.00. The topological polar surface area (TPSA) is 51.6 Å². The Kier molecular flexibility index (Phi) is 3.86. The summed E-state index contributed by atoms with van der Waals surface area (Å²) in [6.45, 7) is 1.94. The first-order chi connectivity index (χ1) is 9.33. The van der Waals surface area contributed by atoms with Gasteiger partial charge in [0.2, 0.25) is 0 Å². The molecule has 0 unspecified atom stereocenters. The molecule has 2 heterocycles. The summed E-state index contributed by atoms with van der Waals surface area (Å²) >= 11 is 4.67. The molecule has 2 aromatic heterocycles. The first-order valence-corrected chi connectivity index (χ1v) is 8.20. The van der Waals surface area contributed by atoms with Gasteiger partial charge >= 0.3 is 0 Å². The first kappa shape index (κ1) is 12.7. The third-order valence-corrected chi connectivity index (χ3v) is 5.57. The molecule has 0 aliphatic heterocycles. The van der Waals surface area contributed by atoms with E-state index in [0.717, 1.165) is 25.7 Å². The highest BCUT2D eigenvalue weighted by Gasteiger charge is 2.12. The number of aromatic nitrogens is 4. The first-order valence-electron chi connectivity index (χ1n) is 5.62. The van der Waals surface area contributed by atoms with Crippen molar-refractivity contribution in [2.24, 2.45) is 0 Å². The Morgan fingerprint density at radius 2 is 1.95 bits per heavy atom. The highest BCUT2D eigenvalue weighted by atomic mass is 32.2. The summed E-state index contributed by atoms with van der Waals surface area (Å²) in [7, 11) is 0. The van der Waals surface area contributed by atoms with Gasteiger partial charge in [0.25, 0.3) is 0 Å². The number of hydrogen-bond donors (Lipinski definition) is 0. The van der Waals surface area contributed by atoms with Crippen molar-refractivity contribution in [2.75, 3.05) is 0 Å². The van der Waals surface area contributed by atoms with Gasteiger partial charge in [-0.1, -0.05) is 57.9 Å². The van der Waals surface area contributed by atoms with Gasteiger partial charge in [0.05, 0.1) is 5.69 Å². The van der Waals surface area contributed by atoms with Crippen molar-refractivity contribution >= 4 is 34.6 Å². The molecule has 96 valence electrons. The maximum absolute atomic E-state index is 4.21. The summed E-state index contributed by atoms with van der Waals surface area (Å²) in [5, 5.41) is 13.3. The fraction of sp³-hybridized carbons (Fsp3) is 0.167. The summed E-state index contributed by atoms with van der Waals surface area (Å²) in [6, 6.07) is 10.4. The molecule has 19 heavy (non-hydrogen) atoms. The van der Waals surface area contributed by atoms with E-state index in [9.17, 15) is 0 Å². The molecule has 3 rings (SSSR count). The number of rotatable bonds is 4. The van der Waals surface area contributed by atoms with Crippen LogP contribution < -0.4 is 0 Å². The van der Waals surface area contributed by atoms with Crippen LogP contribution in [0.5, 0.6) is 0 Å². The standard InChI is InChI=1S/C12H10N4S3/c1-8-10(19-16-13-8)11-14-15-12(18-11)17-7-9-5-3-2-4-6-9/h2-6H,7H2,1H3. The van der Waals surface area contributed by atoms with Crippen molar-refractivity contribution in [3.05, 3.63) is 41.6 Å². The quantitative estimate of drug-likeness (QED) is 0.689. The lowest BCUT2D eigenvalue weighted by molar-refractivity contribution is 1.01. The van der Waals surface area contributed by atoms with Crippen molar-refractivity contribution < 1.29 is 0 Å². The fourth-order valence-corrected chi connectivity index (χ4v) is 4.08. The second-order valence-electron chi connectivity index (χ2n) is 3.83. The van der Waals surface area contributed by atoms with Gasteiger partial charge in [-0.25, -0.2) is 0 Å². The number of aryl methyl sites for hydroxylation is 1. The van der Waals surface area contributed by atoms with E-state index in [1.807, 2.05) is 25.1 Å². The average Bonchev–Trinajstić information content (AvgIpc) is 3.06. The van der Waals surface area contributed by atoms with E-state index in [4.69, 9.17) is 0 Å². The van der Waals surface area contributed by atoms with E-state index in [0.29, 0.717) is 0 Å². The molecule has 1 aromatic carbocycles. The van der Waals surface area contributed by atoms with Crippen molar-refractivity contribution in [3.8, 4) is 9.88 Å². The van der Waals surface area contributed by atoms with Gasteiger partial charge in [-0.2, -0.15) is 0 Å². The number of benzene rings is 1. The Labute approximate surface area is 123 Å². The summed E-state index contributed by atoms with van der Waals surface area (Å²) in [5.74, 6) is 0.912. The molecule has 3 aromatic rings. The molecule has 0 amide bonds. The van der Waals surface area contributed by atoms with Crippen molar-refractivity contribution in [1.29, 1.82) is 0 Å². The van der Waals surface area contributed by atoms with E-state index in [1.165, 1.54) is 17.1 Å². The third kappa shape index (κ3) is 2.99. The second-order valence-corrected chi connectivity index (χ2v) is 6.79. The number of nitrogens with zero attached hydrogens (tertiary/aromatic N) is 4. The molecule has 4 nitrogen and oxygen atoms in total. The van der Waals surface area contributed by atoms with Gasteiger partial charge < -0.3 is 0 Å². The van der Waals surface area contributed by atoms with Gasteiger partial charge in [0.1, 0.15) is 4.88 Å². The molecule has 0 saturated heterocycles. The van der Waals surface area contributed by atoms with Gasteiger partial charge in [-0.3, -0.25) is 0 Å². The molecule has 7 heteroatoms. The normalized spacial score (nSPS) is 10.8. The lowest BCUT2D eigenvalue weighted by Gasteiger charge is -1.96. The van der Waals surface area contributed by atoms with E-state index >= 15 is 0 Å². The molecular formula is C12H10N4S3. The summed E-state index contributed by atoms with van der Waals surface area (Å²) < 4.78 is 4.90. The van der Waals surface area contributed by atoms with Crippen LogP contribution >= 0.6 is 34.6 Å². The summed E-state index contributed by atoms with van der Waals surface area (Å²) in [5.41, 5.74) is 2.21. The Hall–Kier alpha value is -1.31. The van der Waals surface area contributed by atoms with Crippen LogP contribution in [0.3, 0.4) is 0 Å². The highest BCUT2D eigenvalue weighted by Crippen LogP contribution is 2.33. The SMILES string of the molecule is Cc1nnsc1-c1nnc(SCc2ccccc2)s1. The van der Waals surface area contributed by atoms with Crippen LogP contribution in [0.15, 0.2) is 34.7 Å². The second kappa shape index (κ2) is 5.77. The Morgan fingerprint density at radius 1 is 1.11 bits per heavy atom. The average molecular weight is 306 g/mol. The van der Waals surface area contributed by atoms with Crippen LogP contribution in [-0.4, -0.2) is 19.8 Å². The van der Waals surface area contributed by atoms with E-state index in [1.54, 1.807) is 23.1 Å². The van der Waals surface area contributed by atoms with Crippen LogP contribution in [0.2, 0.25) is 0 Å². The Balaban J connectivity index is 1.71. The van der Waals surface area contributed by atoms with E-state index in [2.05, 4.69) is 31.9 Å². The largest absolute Gasteiger partial charge is 0.174 e. The fourth-order valence-electron chi connectivity index (χ4n) is 1.51. The lowest BCUT2D eigenvalue weighted by atomic mass is 10.2. The van der Waals surface area contributed by atoms with Gasteiger partial charge in [0, 0.05) is 5.75 Å². The van der Waals surface area contributed by atoms with E-state index in [-0.39, 0.29) is 0 Å². The third-order valence-electron chi connectivity index (χ3n) is 2.46. The molecule has 0 aliphatic carbocycles. The Bertz CT molecular complexity index is 662. The minimum absolute atomic E-state index is 0.906. The zero-order chi connectivity index (χ0) is 13.1. The smallest absolute Gasteiger partial charge is 0.143 e. The molecule has 0 radical (unpaired) electrons. The molecule has 0 saturated carbocycles. The van der Waals surface area contributed by atoms with Gasteiger partial charge in [-0.05, 0) is 24.0 Å². The van der Waals surface area contributed by atoms with Gasteiger partial charge in [0.15, 0.2) is 9.35 Å². The van der Waals surface area contributed by atoms with Crippen LogP contribution in [0, 0.1) is 6.92 Å². The maximum Gasteiger partial charge on any atom is 0.174 e. The summed E-state index contributed by atoms with van der Waals surface area (Å²) in [4.78, 5) is 1.02. The van der Waals surface area contributed by atoms with Crippen molar-refractivity contribution in [1.82, 2.24) is 19.8 Å². The zero-order valence-corrected chi connectivity index (χ0v) is 12.6. The van der Waals surface area contributed by atoms with Crippen LogP contribution in [-0.2, 0) is 5.75 Å². The van der Waals surface area contributed by atoms with Crippen molar-refractivity contribution in [2.45, 2.75) is 17.0 Å². The lowest BCUT2D eigenvalue weighted by Crippen LogP contribution is -1.78. The molecule has 0 bridgehead atoms. The van der Waals surface area contributed by atoms with E-state index < -0.39 is 0 Å². The van der Waals surface area contributed by atoms with Crippen LogP contribution in [0.1, 0.15) is 11.3 Å². The molecular weight excluding hydrogens is 296 g/mol. The number of hydrogen-bond acceptors (Lipinski definition) is 7. The molecule has 0 atom stereocenters. The summed E-state index contributed by atoms with van der Waals surface area (Å²) in [6.07, 6.45) is 0. The molecule has 0 spiro atoms. The van der Waals surface area contributed by atoms with Gasteiger partial charge in [-0.15, -0.1) is 15.3 Å². The number of thioether (sulfide) groups is 1. The monoisotopic (exact) mass is 306 g/mol. The minimum atomic E-state index is 0.906. The molecule has 0 aliphatic rings. The van der Waals surface area contributed by atoms with Crippen molar-refractivity contribution in [3.63, 3.8) is 0 Å². The predicted molar refractivity (Wildman–Crippen MR) is 79.6 cm³/mol. The molecule has 0 fully saturated rings. The predicted octanol–water partition coefficient (Wildman–Crippen LogP) is 3.66. The van der Waals surface area contributed by atoms with Crippen LogP contribution in [0.25, 0.3) is 9.88 Å². The zero-order valence-electron chi connectivity index (χ0n) is 10.1. The Morgan fingerprint density at radius 3 is 2.68 bits per heavy atom. The minimum Gasteiger partial charge on any atom is -0.143 e.